The van der Waals surface area contributed by atoms with Gasteiger partial charge in [-0.05, 0) is 121 Å². The zero-order valence-electron chi connectivity index (χ0n) is 41.5. The minimum atomic E-state index is -0.228. The number of aromatic nitrogens is 5. The predicted molar refractivity (Wildman–Crippen MR) is 293 cm³/mol. The van der Waals surface area contributed by atoms with Crippen LogP contribution >= 0.6 is 0 Å². The molecule has 0 amide bonds. The molecule has 0 bridgehead atoms. The zero-order valence-corrected chi connectivity index (χ0v) is 43.7. The normalized spacial score (nSPS) is 12.2. The molecule has 350 valence electrons. The average molecular weight is 1100 g/mol. The minimum Gasteiger partial charge on any atom is -0.656 e. The summed E-state index contributed by atoms with van der Waals surface area (Å²) in [4.78, 5) is 16.3. The van der Waals surface area contributed by atoms with E-state index in [1.54, 1.807) is 0 Å². The van der Waals surface area contributed by atoms with Crippen molar-refractivity contribution in [3.8, 4) is 45.1 Å². The minimum absolute atomic E-state index is 0. The van der Waals surface area contributed by atoms with Crippen molar-refractivity contribution in [2.45, 2.75) is 72.1 Å². The van der Waals surface area contributed by atoms with Gasteiger partial charge in [-0.15, -0.1) is 34.8 Å². The Morgan fingerprint density at radius 2 is 1.28 bits per heavy atom. The van der Waals surface area contributed by atoms with Crippen molar-refractivity contribution in [2.75, 3.05) is 0 Å². The third kappa shape index (κ3) is 7.74. The van der Waals surface area contributed by atoms with Crippen molar-refractivity contribution in [3.63, 3.8) is 0 Å². The smallest absolute Gasteiger partial charge is 0.656 e. The van der Waals surface area contributed by atoms with Crippen LogP contribution in [0.4, 0.5) is 0 Å². The Labute approximate surface area is 430 Å². The number of para-hydroxylation sites is 1. The Morgan fingerprint density at radius 3 is 2.01 bits per heavy atom. The molecule has 0 saturated heterocycles. The molecule has 8 aromatic carbocycles. The number of pyridine rings is 1. The van der Waals surface area contributed by atoms with E-state index in [1.165, 1.54) is 27.6 Å². The zero-order chi connectivity index (χ0) is 48.1. The van der Waals surface area contributed by atoms with Gasteiger partial charge in [0.1, 0.15) is 11.6 Å². The summed E-state index contributed by atoms with van der Waals surface area (Å²) in [5.74, 6) is 2.07. The van der Waals surface area contributed by atoms with E-state index in [0.717, 1.165) is 100.0 Å². The fourth-order valence-corrected chi connectivity index (χ4v) is 10.6. The molecule has 4 heterocycles. The molecule has 6 heteroatoms. The van der Waals surface area contributed by atoms with Crippen molar-refractivity contribution in [3.05, 3.63) is 216 Å². The number of aryl methyl sites for hydroxylation is 1. The van der Waals surface area contributed by atoms with Crippen LogP contribution in [0.2, 0.25) is 0 Å². The van der Waals surface area contributed by atoms with Gasteiger partial charge in [-0.1, -0.05) is 181 Å². The standard InChI is InChI=1S/C65H55N5.Pt/c1-40(2)43-32-33-66-59(37-43)70-57-36-44(25-29-51(57)52-30-26-48(39-58(52)70)65(7,8)46-20-14-10-15-21-46)50-28-24-41(3)62-61(50)68-63(69(62)49-22-16-11-17-23-49)55-35-45(42-18-12-9-13-19-42)34-54-53-38-47(64(4,5)6)27-31-56(53)67-60(54)55;/h9-35,37-40H,1-8H3;/q-2;+2. The molecule has 71 heavy (non-hydrogen) atoms. The van der Waals surface area contributed by atoms with Crippen LogP contribution in [-0.4, -0.2) is 19.1 Å². The second-order valence-electron chi connectivity index (χ2n) is 20.9. The molecule has 0 N–H and O–H groups in total. The number of rotatable bonds is 8. The average Bonchev–Trinajstić information content (AvgIpc) is 4.07. The van der Waals surface area contributed by atoms with Gasteiger partial charge in [0.2, 0.25) is 0 Å². The molecule has 0 aliphatic heterocycles. The Morgan fingerprint density at radius 1 is 0.577 bits per heavy atom. The van der Waals surface area contributed by atoms with Gasteiger partial charge >= 0.3 is 21.1 Å². The monoisotopic (exact) mass is 1100 g/mol. The molecule has 0 fully saturated rings. The molecule has 0 spiro atoms. The first kappa shape index (κ1) is 46.1. The predicted octanol–water partition coefficient (Wildman–Crippen LogP) is 16.6. The SMILES string of the molecule is Cc1ccc(-c2[c-]c3c(cc2)c2ccc(C(C)(C)c4ccccc4)cc2n3-c2cc(C(C)C)ccn2)c2nc(-c3cc(-c4ccccc4)cc4c3[n-]c3ccc(C(C)(C)C)cc34)n(-c3ccccc3)c12.[Pt+2]. The van der Waals surface area contributed by atoms with Crippen molar-refractivity contribution in [1.82, 2.24) is 24.1 Å². The second-order valence-corrected chi connectivity index (χ2v) is 20.9. The summed E-state index contributed by atoms with van der Waals surface area (Å²) >= 11 is 0. The molecule has 0 atom stereocenters. The number of hydrogen-bond acceptors (Lipinski definition) is 2. The summed E-state index contributed by atoms with van der Waals surface area (Å²) < 4.78 is 4.68. The van der Waals surface area contributed by atoms with Crippen LogP contribution in [0.15, 0.2) is 182 Å². The van der Waals surface area contributed by atoms with Gasteiger partial charge in [-0.2, -0.15) is 0 Å². The third-order valence-corrected chi connectivity index (χ3v) is 14.7. The Hall–Kier alpha value is -7.33. The summed E-state index contributed by atoms with van der Waals surface area (Å²) in [5.41, 5.74) is 18.2. The number of imidazole rings is 1. The molecule has 0 aliphatic carbocycles. The Kier molecular flexibility index (Phi) is 11.4. The number of hydrogen-bond donors (Lipinski definition) is 0. The van der Waals surface area contributed by atoms with Crippen LogP contribution < -0.4 is 4.98 Å². The van der Waals surface area contributed by atoms with E-state index in [0.29, 0.717) is 5.92 Å². The summed E-state index contributed by atoms with van der Waals surface area (Å²) in [6.07, 6.45) is 1.95. The fraction of sp³-hybridized carbons (Fsp3) is 0.169. The van der Waals surface area contributed by atoms with Gasteiger partial charge in [0.15, 0.2) is 0 Å². The topological polar surface area (TPSA) is 49.7 Å². The molecular weight excluding hydrogens is 1050 g/mol. The first-order valence-electron chi connectivity index (χ1n) is 24.5. The summed E-state index contributed by atoms with van der Waals surface area (Å²) in [7, 11) is 0. The molecule has 0 radical (unpaired) electrons. The second kappa shape index (κ2) is 17.5. The summed E-state index contributed by atoms with van der Waals surface area (Å²) in [6.45, 7) is 18.1. The largest absolute Gasteiger partial charge is 2.00 e. The van der Waals surface area contributed by atoms with E-state index in [4.69, 9.17) is 15.0 Å². The summed E-state index contributed by atoms with van der Waals surface area (Å²) in [5, 5.41) is 4.57. The van der Waals surface area contributed by atoms with Crippen LogP contribution in [-0.2, 0) is 31.9 Å². The van der Waals surface area contributed by atoms with Gasteiger partial charge in [-0.25, -0.2) is 9.97 Å². The molecular formula is C65H55N5Pt. The number of fused-ring (bicyclic) bond motifs is 7. The molecule has 5 nitrogen and oxygen atoms in total. The van der Waals surface area contributed by atoms with Gasteiger partial charge in [0.25, 0.3) is 0 Å². The van der Waals surface area contributed by atoms with E-state index in [1.807, 2.05) is 6.20 Å². The van der Waals surface area contributed by atoms with Crippen LogP contribution in [0.25, 0.3) is 99.8 Å². The molecule has 0 unspecified atom stereocenters. The van der Waals surface area contributed by atoms with Crippen molar-refractivity contribution in [2.24, 2.45) is 0 Å². The van der Waals surface area contributed by atoms with Crippen molar-refractivity contribution in [1.29, 1.82) is 0 Å². The first-order chi connectivity index (χ1) is 33.8. The van der Waals surface area contributed by atoms with Gasteiger partial charge in [-0.3, -0.25) is 4.57 Å². The number of benzene rings is 8. The van der Waals surface area contributed by atoms with E-state index in [2.05, 4.69) is 247 Å². The maximum atomic E-state index is 5.79. The molecule has 0 aliphatic rings. The van der Waals surface area contributed by atoms with Gasteiger partial charge < -0.3 is 9.55 Å². The molecule has 12 aromatic rings. The van der Waals surface area contributed by atoms with E-state index in [9.17, 15) is 0 Å². The van der Waals surface area contributed by atoms with Crippen LogP contribution in [0.1, 0.15) is 82.2 Å². The quantitative estimate of drug-likeness (QED) is 0.143. The third-order valence-electron chi connectivity index (χ3n) is 14.7. The Balaban J connectivity index is 0.00000547. The maximum absolute atomic E-state index is 5.79. The Bertz CT molecular complexity index is 3980. The van der Waals surface area contributed by atoms with Crippen LogP contribution in [0, 0.1) is 13.0 Å². The van der Waals surface area contributed by atoms with Crippen LogP contribution in [0.3, 0.4) is 0 Å². The van der Waals surface area contributed by atoms with Crippen LogP contribution in [0.5, 0.6) is 0 Å². The van der Waals surface area contributed by atoms with E-state index >= 15 is 0 Å². The molecule has 4 aromatic heterocycles. The van der Waals surface area contributed by atoms with Crippen molar-refractivity contribution >= 4 is 54.6 Å². The fourth-order valence-electron chi connectivity index (χ4n) is 10.6. The van der Waals surface area contributed by atoms with Gasteiger partial charge in [0, 0.05) is 28.4 Å². The van der Waals surface area contributed by atoms with E-state index in [-0.39, 0.29) is 31.9 Å². The molecule has 12 rings (SSSR count). The molecule has 0 saturated carbocycles. The van der Waals surface area contributed by atoms with E-state index < -0.39 is 0 Å². The summed E-state index contributed by atoms with van der Waals surface area (Å²) in [6, 6.07) is 67.8. The van der Waals surface area contributed by atoms with Gasteiger partial charge in [0.05, 0.1) is 11.0 Å². The first-order valence-corrected chi connectivity index (χ1v) is 24.5. The number of nitrogens with zero attached hydrogens (tertiary/aromatic N) is 5. The maximum Gasteiger partial charge on any atom is 2.00 e. The van der Waals surface area contributed by atoms with Crippen molar-refractivity contribution < 1.29 is 21.1 Å².